The number of halogens is 1. The molecule has 37 heavy (non-hydrogen) atoms. The summed E-state index contributed by atoms with van der Waals surface area (Å²) in [7, 11) is 1.26. The van der Waals surface area contributed by atoms with Gasteiger partial charge in [0.05, 0.1) is 55.7 Å². The largest absolute Gasteiger partial charge is 0.466 e. The van der Waals surface area contributed by atoms with E-state index >= 15 is 0 Å². The van der Waals surface area contributed by atoms with E-state index in [1.165, 1.54) is 7.11 Å². The maximum atomic E-state index is 13.1. The van der Waals surface area contributed by atoms with E-state index in [0.717, 1.165) is 0 Å². The summed E-state index contributed by atoms with van der Waals surface area (Å²) in [5.74, 6) is -3.07. The smallest absolute Gasteiger partial charge is 0.336 e. The van der Waals surface area contributed by atoms with E-state index < -0.39 is 29.8 Å². The van der Waals surface area contributed by atoms with Gasteiger partial charge in [-0.15, -0.1) is 0 Å². The third kappa shape index (κ3) is 8.04. The summed E-state index contributed by atoms with van der Waals surface area (Å²) in [6, 6.07) is 6.01. The maximum absolute atomic E-state index is 13.1. The van der Waals surface area contributed by atoms with Crippen LogP contribution in [0.1, 0.15) is 38.2 Å². The molecule has 1 heterocycles. The first-order valence-electron chi connectivity index (χ1n) is 11.7. The van der Waals surface area contributed by atoms with Gasteiger partial charge in [0.25, 0.3) is 0 Å². The van der Waals surface area contributed by atoms with Gasteiger partial charge in [-0.3, -0.25) is 9.59 Å². The zero-order valence-electron chi connectivity index (χ0n) is 21.1. The number of esters is 2. The highest BCUT2D eigenvalue weighted by atomic mass is 35.5. The second-order valence-electron chi connectivity index (χ2n) is 8.17. The second kappa shape index (κ2) is 14.4. The summed E-state index contributed by atoms with van der Waals surface area (Å²) in [6.45, 7) is 3.75. The molecular formula is C25H33ClN4O7. The molecule has 1 aromatic carbocycles. The number of hydrogen-bond donors (Lipinski definition) is 4. The van der Waals surface area contributed by atoms with E-state index in [2.05, 4.69) is 10.6 Å². The quantitative estimate of drug-likeness (QED) is 0.212. The van der Waals surface area contributed by atoms with Gasteiger partial charge in [-0.1, -0.05) is 29.8 Å². The van der Waals surface area contributed by atoms with Gasteiger partial charge < -0.3 is 36.3 Å². The number of nitrogens with one attached hydrogen (secondary N) is 2. The SMILES string of the molecule is CCOC(=O)C1=C(COCCNC(=O)CC[C@H](N)C(N)=O)NC(C)=C(C(=O)OC)C1c1ccccc1Cl. The molecule has 0 fully saturated rings. The van der Waals surface area contributed by atoms with Gasteiger partial charge in [-0.05, 0) is 31.9 Å². The predicted molar refractivity (Wildman–Crippen MR) is 136 cm³/mol. The lowest BCUT2D eigenvalue weighted by Gasteiger charge is -2.31. The Balaban J connectivity index is 2.22. The number of carbonyl (C=O) groups excluding carboxylic acids is 4. The lowest BCUT2D eigenvalue weighted by Crippen LogP contribution is -2.38. The van der Waals surface area contributed by atoms with Crippen molar-refractivity contribution in [1.82, 2.24) is 10.6 Å². The molecule has 12 heteroatoms. The molecule has 2 rings (SSSR count). The molecule has 0 aromatic heterocycles. The van der Waals surface area contributed by atoms with Crippen LogP contribution in [0.25, 0.3) is 0 Å². The molecule has 1 unspecified atom stereocenters. The van der Waals surface area contributed by atoms with Crippen LogP contribution in [0.3, 0.4) is 0 Å². The van der Waals surface area contributed by atoms with E-state index in [1.807, 2.05) is 0 Å². The highest BCUT2D eigenvalue weighted by Crippen LogP contribution is 2.41. The summed E-state index contributed by atoms with van der Waals surface area (Å²) in [6.07, 6.45) is 0.183. The van der Waals surface area contributed by atoms with Crippen LogP contribution in [-0.2, 0) is 33.4 Å². The minimum atomic E-state index is -0.884. The van der Waals surface area contributed by atoms with Gasteiger partial charge in [0.2, 0.25) is 11.8 Å². The molecule has 0 saturated heterocycles. The monoisotopic (exact) mass is 536 g/mol. The average Bonchev–Trinajstić information content (AvgIpc) is 2.86. The Morgan fingerprint density at radius 1 is 1.16 bits per heavy atom. The molecule has 1 aliphatic heterocycles. The molecule has 202 valence electrons. The van der Waals surface area contributed by atoms with Gasteiger partial charge in [0, 0.05) is 23.7 Å². The molecular weight excluding hydrogens is 504 g/mol. The van der Waals surface area contributed by atoms with Crippen LogP contribution >= 0.6 is 11.6 Å². The summed E-state index contributed by atoms with van der Waals surface area (Å²) in [5.41, 5.74) is 12.4. The average molecular weight is 537 g/mol. The number of benzene rings is 1. The Morgan fingerprint density at radius 2 is 1.86 bits per heavy atom. The van der Waals surface area contributed by atoms with Crippen molar-refractivity contribution < 1.29 is 33.4 Å². The minimum Gasteiger partial charge on any atom is -0.466 e. The number of amides is 2. The van der Waals surface area contributed by atoms with Gasteiger partial charge in [-0.2, -0.15) is 0 Å². The number of rotatable bonds is 13. The van der Waals surface area contributed by atoms with Crippen LogP contribution in [0.4, 0.5) is 0 Å². The van der Waals surface area contributed by atoms with Crippen molar-refractivity contribution in [2.75, 3.05) is 33.5 Å². The fourth-order valence-electron chi connectivity index (χ4n) is 3.82. The fraction of sp³-hybridized carbons (Fsp3) is 0.440. The third-order valence-electron chi connectivity index (χ3n) is 5.62. The van der Waals surface area contributed by atoms with Crippen molar-refractivity contribution >= 4 is 35.4 Å². The number of hydrogen-bond acceptors (Lipinski definition) is 9. The molecule has 2 atom stereocenters. The zero-order valence-corrected chi connectivity index (χ0v) is 21.9. The van der Waals surface area contributed by atoms with Crippen LogP contribution in [0.5, 0.6) is 0 Å². The lowest BCUT2D eigenvalue weighted by molar-refractivity contribution is -0.139. The van der Waals surface area contributed by atoms with Crippen LogP contribution in [-0.4, -0.2) is 63.3 Å². The highest BCUT2D eigenvalue weighted by molar-refractivity contribution is 6.31. The molecule has 11 nitrogen and oxygen atoms in total. The first kappa shape index (κ1) is 29.8. The summed E-state index contributed by atoms with van der Waals surface area (Å²) in [5, 5.41) is 6.10. The Bertz CT molecular complexity index is 1090. The fourth-order valence-corrected chi connectivity index (χ4v) is 4.06. The second-order valence-corrected chi connectivity index (χ2v) is 8.58. The molecule has 0 spiro atoms. The Morgan fingerprint density at radius 3 is 2.49 bits per heavy atom. The van der Waals surface area contributed by atoms with Crippen molar-refractivity contribution in [2.24, 2.45) is 11.5 Å². The first-order valence-corrected chi connectivity index (χ1v) is 12.1. The van der Waals surface area contributed by atoms with Gasteiger partial charge in [0.1, 0.15) is 0 Å². The Hall–Kier alpha value is -3.41. The van der Waals surface area contributed by atoms with Crippen molar-refractivity contribution in [3.05, 3.63) is 57.4 Å². The molecule has 6 N–H and O–H groups in total. The van der Waals surface area contributed by atoms with E-state index in [0.29, 0.717) is 22.0 Å². The minimum absolute atomic E-state index is 0.0384. The van der Waals surface area contributed by atoms with E-state index in [9.17, 15) is 19.2 Å². The summed E-state index contributed by atoms with van der Waals surface area (Å²) < 4.78 is 16.0. The lowest BCUT2D eigenvalue weighted by atomic mass is 9.80. The third-order valence-corrected chi connectivity index (χ3v) is 5.97. The molecule has 0 aliphatic carbocycles. The number of nitrogens with two attached hydrogens (primary N) is 2. The Labute approximate surface area is 220 Å². The number of carbonyl (C=O) groups is 4. The summed E-state index contributed by atoms with van der Waals surface area (Å²) in [4.78, 5) is 48.8. The molecule has 0 saturated carbocycles. The topological polar surface area (TPSA) is 172 Å². The van der Waals surface area contributed by atoms with Crippen LogP contribution in [0, 0.1) is 0 Å². The number of allylic oxidation sites excluding steroid dienone is 1. The van der Waals surface area contributed by atoms with Gasteiger partial charge in [0.15, 0.2) is 0 Å². The molecule has 2 amide bonds. The van der Waals surface area contributed by atoms with Crippen molar-refractivity contribution in [3.8, 4) is 0 Å². The predicted octanol–water partition coefficient (Wildman–Crippen LogP) is 1.02. The number of ether oxygens (including phenoxy) is 3. The van der Waals surface area contributed by atoms with E-state index in [-0.39, 0.29) is 56.3 Å². The van der Waals surface area contributed by atoms with Crippen LogP contribution < -0.4 is 22.1 Å². The maximum Gasteiger partial charge on any atom is 0.336 e. The molecule has 0 radical (unpaired) electrons. The molecule has 1 aromatic rings. The van der Waals surface area contributed by atoms with E-state index in [4.69, 9.17) is 37.3 Å². The van der Waals surface area contributed by atoms with Gasteiger partial charge in [-0.25, -0.2) is 9.59 Å². The van der Waals surface area contributed by atoms with Crippen molar-refractivity contribution in [3.63, 3.8) is 0 Å². The first-order chi connectivity index (χ1) is 17.6. The highest BCUT2D eigenvalue weighted by Gasteiger charge is 2.39. The zero-order chi connectivity index (χ0) is 27.5. The normalized spacial score (nSPS) is 16.1. The number of methoxy groups -OCH3 is 1. The van der Waals surface area contributed by atoms with Crippen LogP contribution in [0.15, 0.2) is 46.8 Å². The number of primary amides is 1. The summed E-state index contributed by atoms with van der Waals surface area (Å²) >= 11 is 6.48. The van der Waals surface area contributed by atoms with Crippen LogP contribution in [0.2, 0.25) is 5.02 Å². The van der Waals surface area contributed by atoms with Gasteiger partial charge >= 0.3 is 11.9 Å². The molecule has 0 bridgehead atoms. The van der Waals surface area contributed by atoms with Crippen molar-refractivity contribution in [2.45, 2.75) is 38.6 Å². The molecule has 1 aliphatic rings. The van der Waals surface area contributed by atoms with Crippen molar-refractivity contribution in [1.29, 1.82) is 0 Å². The number of dihydropyridines is 1. The Kier molecular flexibility index (Phi) is 11.6. The van der Waals surface area contributed by atoms with E-state index in [1.54, 1.807) is 38.1 Å². The standard InChI is InChI=1S/C25H33ClN4O7/c1-4-37-25(34)22-18(13-36-12-11-29-19(31)10-9-17(27)23(28)32)30-14(2)20(24(33)35-3)21(22)15-7-5-6-8-16(15)26/h5-8,17,21,30H,4,9-13,27H2,1-3H3,(H2,28,32)(H,29,31)/t17-,21?/m0/s1.